The highest BCUT2D eigenvalue weighted by atomic mass is 35.5. The van der Waals surface area contributed by atoms with Crippen LogP contribution >= 0.6 is 11.6 Å². The van der Waals surface area contributed by atoms with Crippen LogP contribution in [0.5, 0.6) is 11.5 Å². The van der Waals surface area contributed by atoms with Gasteiger partial charge in [-0.05, 0) is 30.3 Å². The van der Waals surface area contributed by atoms with Crippen molar-refractivity contribution in [1.82, 2.24) is 0 Å². The predicted octanol–water partition coefficient (Wildman–Crippen LogP) is 4.66. The average molecular weight is 388 g/mol. The Hall–Kier alpha value is -2.61. The number of methoxy groups -OCH3 is 2. The van der Waals surface area contributed by atoms with Gasteiger partial charge in [-0.1, -0.05) is 11.6 Å². The van der Waals surface area contributed by atoms with Gasteiger partial charge in [-0.15, -0.1) is 0 Å². The van der Waals surface area contributed by atoms with Crippen LogP contribution in [0.2, 0.25) is 5.02 Å². The molecule has 1 aliphatic heterocycles. The highest BCUT2D eigenvalue weighted by Crippen LogP contribution is 2.43. The molecule has 0 saturated heterocycles. The fourth-order valence-corrected chi connectivity index (χ4v) is 2.83. The number of halogens is 4. The normalized spacial score (nSPS) is 16.1. The third kappa shape index (κ3) is 3.12. The number of benzene rings is 2. The summed E-state index contributed by atoms with van der Waals surface area (Å²) >= 11 is 5.98. The summed E-state index contributed by atoms with van der Waals surface area (Å²) in [6.45, 7) is 0. The van der Waals surface area contributed by atoms with Gasteiger partial charge in [0.05, 0.1) is 30.5 Å². The molecule has 0 spiro atoms. The van der Waals surface area contributed by atoms with E-state index in [1.807, 2.05) is 0 Å². The Morgan fingerprint density at radius 3 is 2.50 bits per heavy atom. The Morgan fingerprint density at radius 1 is 1.15 bits per heavy atom. The van der Waals surface area contributed by atoms with Crippen molar-refractivity contribution in [3.8, 4) is 11.5 Å². The number of anilines is 1. The number of hydrogen-bond donors (Lipinski definition) is 1. The van der Waals surface area contributed by atoms with Gasteiger partial charge in [-0.3, -0.25) is 0 Å². The number of ether oxygens (including phenoxy) is 3. The lowest BCUT2D eigenvalue weighted by Crippen LogP contribution is -2.12. The van der Waals surface area contributed by atoms with Crippen LogP contribution in [0.25, 0.3) is 0 Å². The first kappa shape index (κ1) is 18.2. The first-order chi connectivity index (χ1) is 12.3. The smallest absolute Gasteiger partial charge is 0.416 e. The van der Waals surface area contributed by atoms with E-state index in [9.17, 15) is 18.0 Å². The van der Waals surface area contributed by atoms with Gasteiger partial charge in [0, 0.05) is 5.56 Å². The minimum atomic E-state index is -4.53. The Labute approximate surface area is 151 Å². The standard InChI is InChI=1S/C17H13ClF3NO4/c1-24-12-6-4-9-13(14(12)25-2)16(23)26-15(9)22-11-7-8(17(19,20)21)3-5-10(11)18/h3-7,15,22H,1-2H3/t15-/m0/s1. The van der Waals surface area contributed by atoms with Gasteiger partial charge in [0.2, 0.25) is 6.23 Å². The van der Waals surface area contributed by atoms with Gasteiger partial charge in [0.15, 0.2) is 11.5 Å². The van der Waals surface area contributed by atoms with Crippen molar-refractivity contribution >= 4 is 23.3 Å². The summed E-state index contributed by atoms with van der Waals surface area (Å²) in [5.41, 5.74) is -0.336. The van der Waals surface area contributed by atoms with Crippen molar-refractivity contribution in [3.63, 3.8) is 0 Å². The molecule has 0 bridgehead atoms. The molecule has 3 rings (SSSR count). The molecule has 0 unspecified atom stereocenters. The molecular weight excluding hydrogens is 375 g/mol. The van der Waals surface area contributed by atoms with Crippen LogP contribution in [0.4, 0.5) is 18.9 Å². The number of rotatable bonds is 4. The van der Waals surface area contributed by atoms with E-state index in [-0.39, 0.29) is 22.0 Å². The molecule has 1 heterocycles. The summed E-state index contributed by atoms with van der Waals surface area (Å²) in [7, 11) is 2.79. The maximum atomic E-state index is 12.9. The predicted molar refractivity (Wildman–Crippen MR) is 87.8 cm³/mol. The summed E-state index contributed by atoms with van der Waals surface area (Å²) < 4.78 is 54.3. The lowest BCUT2D eigenvalue weighted by molar-refractivity contribution is -0.137. The summed E-state index contributed by atoms with van der Waals surface area (Å²) in [6, 6.07) is 5.99. The van der Waals surface area contributed by atoms with Crippen molar-refractivity contribution in [3.05, 3.63) is 52.0 Å². The number of alkyl halides is 3. The van der Waals surface area contributed by atoms with Crippen molar-refractivity contribution in [1.29, 1.82) is 0 Å². The number of cyclic esters (lactones) is 1. The SMILES string of the molecule is COc1ccc2c(c1OC)C(=O)O[C@@H]2Nc1cc(C(F)(F)F)ccc1Cl. The molecule has 0 fully saturated rings. The third-order valence-corrected chi connectivity index (χ3v) is 4.20. The molecule has 9 heteroatoms. The number of nitrogens with one attached hydrogen (secondary N) is 1. The lowest BCUT2D eigenvalue weighted by atomic mass is 10.1. The monoisotopic (exact) mass is 387 g/mol. The second kappa shape index (κ2) is 6.60. The third-order valence-electron chi connectivity index (χ3n) is 3.87. The molecule has 138 valence electrons. The van der Waals surface area contributed by atoms with Crippen LogP contribution in [0.15, 0.2) is 30.3 Å². The van der Waals surface area contributed by atoms with Crippen LogP contribution in [0.3, 0.4) is 0 Å². The summed E-state index contributed by atoms with van der Waals surface area (Å²) in [5.74, 6) is -0.160. The fraction of sp³-hybridized carbons (Fsp3) is 0.235. The van der Waals surface area contributed by atoms with Crippen molar-refractivity contribution in [2.75, 3.05) is 19.5 Å². The maximum absolute atomic E-state index is 12.9. The fourth-order valence-electron chi connectivity index (χ4n) is 2.66. The molecule has 2 aromatic rings. The van der Waals surface area contributed by atoms with E-state index in [1.165, 1.54) is 14.2 Å². The second-order valence-corrected chi connectivity index (χ2v) is 5.79. The molecule has 0 saturated carbocycles. The lowest BCUT2D eigenvalue weighted by Gasteiger charge is -2.17. The molecular formula is C17H13ClF3NO4. The summed E-state index contributed by atoms with van der Waals surface area (Å²) in [6.07, 6.45) is -5.54. The van der Waals surface area contributed by atoms with E-state index < -0.39 is 23.9 Å². The molecule has 5 nitrogen and oxygen atoms in total. The van der Waals surface area contributed by atoms with Crippen LogP contribution < -0.4 is 14.8 Å². The number of carbonyl (C=O) groups is 1. The highest BCUT2D eigenvalue weighted by molar-refractivity contribution is 6.33. The van der Waals surface area contributed by atoms with Crippen LogP contribution in [0.1, 0.15) is 27.7 Å². The van der Waals surface area contributed by atoms with Crippen molar-refractivity contribution in [2.45, 2.75) is 12.4 Å². The molecule has 0 aromatic heterocycles. The van der Waals surface area contributed by atoms with Gasteiger partial charge >= 0.3 is 12.1 Å². The minimum Gasteiger partial charge on any atom is -0.493 e. The van der Waals surface area contributed by atoms with Crippen LogP contribution in [0, 0.1) is 0 Å². The maximum Gasteiger partial charge on any atom is 0.416 e. The first-order valence-electron chi connectivity index (χ1n) is 7.35. The second-order valence-electron chi connectivity index (χ2n) is 5.39. The topological polar surface area (TPSA) is 56.8 Å². The van der Waals surface area contributed by atoms with Gasteiger partial charge in [-0.2, -0.15) is 13.2 Å². The van der Waals surface area contributed by atoms with Gasteiger partial charge in [0.1, 0.15) is 5.56 Å². The van der Waals surface area contributed by atoms with Gasteiger partial charge in [0.25, 0.3) is 0 Å². The van der Waals surface area contributed by atoms with Crippen molar-refractivity contribution < 1.29 is 32.2 Å². The van der Waals surface area contributed by atoms with E-state index in [0.29, 0.717) is 11.3 Å². The number of fused-ring (bicyclic) bond motifs is 1. The van der Waals surface area contributed by atoms with E-state index >= 15 is 0 Å². The number of carbonyl (C=O) groups excluding carboxylic acids is 1. The number of esters is 1. The molecule has 0 radical (unpaired) electrons. The molecule has 0 amide bonds. The zero-order valence-corrected chi connectivity index (χ0v) is 14.4. The van der Waals surface area contributed by atoms with Gasteiger partial charge in [-0.25, -0.2) is 4.79 Å². The highest BCUT2D eigenvalue weighted by Gasteiger charge is 2.37. The Balaban J connectivity index is 1.99. The van der Waals surface area contributed by atoms with Crippen LogP contribution in [-0.4, -0.2) is 20.2 Å². The van der Waals surface area contributed by atoms with E-state index in [0.717, 1.165) is 18.2 Å². The van der Waals surface area contributed by atoms with E-state index in [1.54, 1.807) is 12.1 Å². The van der Waals surface area contributed by atoms with Crippen molar-refractivity contribution in [2.24, 2.45) is 0 Å². The molecule has 1 atom stereocenters. The quantitative estimate of drug-likeness (QED) is 0.773. The summed E-state index contributed by atoms with van der Waals surface area (Å²) in [4.78, 5) is 12.2. The van der Waals surface area contributed by atoms with E-state index in [2.05, 4.69) is 5.32 Å². The molecule has 0 aliphatic carbocycles. The average Bonchev–Trinajstić information content (AvgIpc) is 2.91. The molecule has 2 aromatic carbocycles. The Bertz CT molecular complexity index is 870. The summed E-state index contributed by atoms with van der Waals surface area (Å²) in [5, 5.41) is 2.78. The zero-order valence-electron chi connectivity index (χ0n) is 13.6. The number of hydrogen-bond acceptors (Lipinski definition) is 5. The minimum absolute atomic E-state index is 0.0121. The van der Waals surface area contributed by atoms with E-state index in [4.69, 9.17) is 25.8 Å². The largest absolute Gasteiger partial charge is 0.493 e. The Kier molecular flexibility index (Phi) is 4.62. The molecule has 26 heavy (non-hydrogen) atoms. The zero-order chi connectivity index (χ0) is 19.1. The van der Waals surface area contributed by atoms with Crippen LogP contribution in [-0.2, 0) is 10.9 Å². The molecule has 1 N–H and O–H groups in total. The molecule has 1 aliphatic rings. The first-order valence-corrected chi connectivity index (χ1v) is 7.73. The van der Waals surface area contributed by atoms with Gasteiger partial charge < -0.3 is 19.5 Å². The Morgan fingerprint density at radius 2 is 1.88 bits per heavy atom.